The minimum Gasteiger partial charge on any atom is -0.497 e. The highest BCUT2D eigenvalue weighted by Crippen LogP contribution is 2.25. The topological polar surface area (TPSA) is 38.3 Å². The van der Waals surface area contributed by atoms with Gasteiger partial charge >= 0.3 is 0 Å². The van der Waals surface area contributed by atoms with Crippen LogP contribution >= 0.6 is 11.6 Å². The predicted octanol–water partition coefficient (Wildman–Crippen LogP) is 4.54. The summed E-state index contributed by atoms with van der Waals surface area (Å²) in [6.07, 6.45) is -0.0924. The average Bonchev–Trinajstić information content (AvgIpc) is 2.56. The van der Waals surface area contributed by atoms with Crippen molar-refractivity contribution in [1.82, 2.24) is 5.32 Å². The number of nitrogens with one attached hydrogen (secondary N) is 1. The highest BCUT2D eigenvalue weighted by atomic mass is 35.5. The summed E-state index contributed by atoms with van der Waals surface area (Å²) in [4.78, 5) is 12.4. The molecule has 0 unspecified atom stereocenters. The Labute approximate surface area is 146 Å². The summed E-state index contributed by atoms with van der Waals surface area (Å²) in [6.45, 7) is 4.04. The van der Waals surface area contributed by atoms with E-state index >= 15 is 0 Å². The molecule has 1 atom stereocenters. The van der Waals surface area contributed by atoms with Gasteiger partial charge in [-0.25, -0.2) is 4.39 Å². The second kappa shape index (κ2) is 8.15. The van der Waals surface area contributed by atoms with Gasteiger partial charge in [0.05, 0.1) is 19.6 Å². The third-order valence-corrected chi connectivity index (χ3v) is 4.21. The number of rotatable bonds is 6. The third kappa shape index (κ3) is 4.48. The van der Waals surface area contributed by atoms with Gasteiger partial charge in [0.25, 0.3) is 0 Å². The fourth-order valence-corrected chi connectivity index (χ4v) is 2.76. The van der Waals surface area contributed by atoms with Crippen LogP contribution in [0.3, 0.4) is 0 Å². The molecular formula is C19H21ClFNO2. The number of ether oxygens (including phenoxy) is 1. The lowest BCUT2D eigenvalue weighted by molar-refractivity contribution is -0.121. The maximum absolute atomic E-state index is 13.8. The average molecular weight is 350 g/mol. The maximum Gasteiger partial charge on any atom is 0.225 e. The smallest absolute Gasteiger partial charge is 0.225 e. The Morgan fingerprint density at radius 3 is 2.42 bits per heavy atom. The van der Waals surface area contributed by atoms with Gasteiger partial charge in [-0.15, -0.1) is 0 Å². The van der Waals surface area contributed by atoms with Gasteiger partial charge in [-0.05, 0) is 35.7 Å². The number of carbonyl (C=O) groups excluding carboxylic acids is 1. The number of methoxy groups -OCH3 is 1. The summed E-state index contributed by atoms with van der Waals surface area (Å²) >= 11 is 5.99. The molecule has 2 aromatic carbocycles. The number of amides is 1. The van der Waals surface area contributed by atoms with Crippen molar-refractivity contribution < 1.29 is 13.9 Å². The molecule has 1 N–H and O–H groups in total. The zero-order chi connectivity index (χ0) is 17.7. The summed E-state index contributed by atoms with van der Waals surface area (Å²) < 4.78 is 19.0. The van der Waals surface area contributed by atoms with Crippen LogP contribution < -0.4 is 10.1 Å². The fraction of sp³-hybridized carbons (Fsp3) is 0.316. The maximum atomic E-state index is 13.8. The van der Waals surface area contributed by atoms with Gasteiger partial charge in [-0.3, -0.25) is 4.79 Å². The molecule has 0 saturated heterocycles. The molecule has 128 valence electrons. The standard InChI is InChI=1S/C19H21ClFNO2/c1-12(2)19(13-7-9-14(24-3)10-8-13)22-18(23)11-15-16(20)5-4-6-17(15)21/h4-10,12,19H,11H2,1-3H3,(H,22,23)/t19-/m0/s1. The molecule has 5 heteroatoms. The Morgan fingerprint density at radius 2 is 1.88 bits per heavy atom. The van der Waals surface area contributed by atoms with Crippen molar-refractivity contribution in [1.29, 1.82) is 0 Å². The summed E-state index contributed by atoms with van der Waals surface area (Å²) in [5.74, 6) is 0.198. The first-order valence-corrected chi connectivity index (χ1v) is 8.16. The lowest BCUT2D eigenvalue weighted by Crippen LogP contribution is -2.33. The summed E-state index contributed by atoms with van der Waals surface area (Å²) in [7, 11) is 1.61. The number of hydrogen-bond acceptors (Lipinski definition) is 2. The molecule has 0 fully saturated rings. The summed E-state index contributed by atoms with van der Waals surface area (Å²) in [5, 5.41) is 3.23. The van der Waals surface area contributed by atoms with E-state index in [1.54, 1.807) is 13.2 Å². The van der Waals surface area contributed by atoms with Crippen molar-refractivity contribution in [2.75, 3.05) is 7.11 Å². The summed E-state index contributed by atoms with van der Waals surface area (Å²) in [6, 6.07) is 11.8. The second-order valence-electron chi connectivity index (χ2n) is 5.94. The van der Waals surface area contributed by atoms with Crippen LogP contribution in [0.15, 0.2) is 42.5 Å². The van der Waals surface area contributed by atoms with E-state index in [1.165, 1.54) is 12.1 Å². The number of benzene rings is 2. The Morgan fingerprint density at radius 1 is 1.21 bits per heavy atom. The largest absolute Gasteiger partial charge is 0.497 e. The quantitative estimate of drug-likeness (QED) is 0.831. The van der Waals surface area contributed by atoms with Crippen LogP contribution in [0.4, 0.5) is 4.39 Å². The summed E-state index contributed by atoms with van der Waals surface area (Å²) in [5.41, 5.74) is 1.19. The van der Waals surface area contributed by atoms with Gasteiger partial charge in [0.1, 0.15) is 11.6 Å². The van der Waals surface area contributed by atoms with Crippen LogP contribution in [0.1, 0.15) is 31.0 Å². The SMILES string of the molecule is COc1ccc([C@@H](NC(=O)Cc2c(F)cccc2Cl)C(C)C)cc1. The van der Waals surface area contributed by atoms with Crippen LogP contribution in [0.5, 0.6) is 5.75 Å². The molecule has 0 spiro atoms. The van der Waals surface area contributed by atoms with Crippen LogP contribution in [-0.4, -0.2) is 13.0 Å². The molecule has 24 heavy (non-hydrogen) atoms. The Bertz CT molecular complexity index is 681. The van der Waals surface area contributed by atoms with Gasteiger partial charge in [0.15, 0.2) is 0 Å². The van der Waals surface area contributed by atoms with Crippen LogP contribution in [-0.2, 0) is 11.2 Å². The van der Waals surface area contributed by atoms with E-state index in [-0.39, 0.29) is 34.9 Å². The van der Waals surface area contributed by atoms with E-state index < -0.39 is 5.82 Å². The van der Waals surface area contributed by atoms with Crippen molar-refractivity contribution in [3.05, 3.63) is 64.4 Å². The molecule has 3 nitrogen and oxygen atoms in total. The zero-order valence-corrected chi connectivity index (χ0v) is 14.7. The Hall–Kier alpha value is -2.07. The fourth-order valence-electron chi connectivity index (χ4n) is 2.53. The highest BCUT2D eigenvalue weighted by Gasteiger charge is 2.20. The monoisotopic (exact) mass is 349 g/mol. The minimum absolute atomic E-state index is 0.0924. The van der Waals surface area contributed by atoms with Crippen molar-refractivity contribution in [2.45, 2.75) is 26.3 Å². The van der Waals surface area contributed by atoms with Crippen molar-refractivity contribution in [3.8, 4) is 5.75 Å². The molecule has 2 aromatic rings. The molecule has 0 radical (unpaired) electrons. The van der Waals surface area contributed by atoms with Crippen molar-refractivity contribution in [3.63, 3.8) is 0 Å². The molecule has 2 rings (SSSR count). The van der Waals surface area contributed by atoms with Gasteiger partial charge in [0, 0.05) is 10.6 Å². The first-order chi connectivity index (χ1) is 11.4. The van der Waals surface area contributed by atoms with Crippen molar-refractivity contribution >= 4 is 17.5 Å². The van der Waals surface area contributed by atoms with Gasteiger partial charge in [-0.2, -0.15) is 0 Å². The molecule has 1 amide bonds. The van der Waals surface area contributed by atoms with Gasteiger partial charge < -0.3 is 10.1 Å². The van der Waals surface area contributed by atoms with E-state index in [4.69, 9.17) is 16.3 Å². The Kier molecular flexibility index (Phi) is 6.21. The molecule has 0 bridgehead atoms. The second-order valence-corrected chi connectivity index (χ2v) is 6.35. The molecule has 0 aliphatic heterocycles. The first kappa shape index (κ1) is 18.3. The lowest BCUT2D eigenvalue weighted by atomic mass is 9.95. The third-order valence-electron chi connectivity index (χ3n) is 3.86. The van der Waals surface area contributed by atoms with Crippen LogP contribution in [0.25, 0.3) is 0 Å². The molecule has 0 saturated carbocycles. The van der Waals surface area contributed by atoms with Gasteiger partial charge in [-0.1, -0.05) is 43.6 Å². The molecular weight excluding hydrogens is 329 g/mol. The number of halogens is 2. The minimum atomic E-state index is -0.469. The molecule has 0 heterocycles. The van der Waals surface area contributed by atoms with E-state index in [1.807, 2.05) is 38.1 Å². The lowest BCUT2D eigenvalue weighted by Gasteiger charge is -2.23. The van der Waals surface area contributed by atoms with E-state index in [0.29, 0.717) is 0 Å². The van der Waals surface area contributed by atoms with Crippen LogP contribution in [0.2, 0.25) is 5.02 Å². The highest BCUT2D eigenvalue weighted by molar-refractivity contribution is 6.31. The predicted molar refractivity (Wildman–Crippen MR) is 93.8 cm³/mol. The zero-order valence-electron chi connectivity index (χ0n) is 14.0. The van der Waals surface area contributed by atoms with Crippen molar-refractivity contribution in [2.24, 2.45) is 5.92 Å². The van der Waals surface area contributed by atoms with Gasteiger partial charge in [0.2, 0.25) is 5.91 Å². The number of carbonyl (C=O) groups is 1. The van der Waals surface area contributed by atoms with E-state index in [9.17, 15) is 9.18 Å². The molecule has 0 aliphatic rings. The molecule has 0 aromatic heterocycles. The van der Waals surface area contributed by atoms with E-state index in [2.05, 4.69) is 5.32 Å². The normalized spacial score (nSPS) is 12.1. The number of hydrogen-bond donors (Lipinski definition) is 1. The first-order valence-electron chi connectivity index (χ1n) is 7.78. The Balaban J connectivity index is 2.13. The molecule has 0 aliphatic carbocycles. The van der Waals surface area contributed by atoms with E-state index in [0.717, 1.165) is 11.3 Å². The van der Waals surface area contributed by atoms with Crippen LogP contribution in [0, 0.1) is 11.7 Å².